The Balaban J connectivity index is 1.33. The standard InChI is InChI=1S/C31H34FN3O/c32-24-13-12-23-18-25(35(30(23)19-24)20-21-6-2-1-3-7-21)14-16-27(22-8-4-9-22)33-28-10-5-11-29-26(28)15-17-31(36)34-29/h5,10-14,16,18-19,21,33H,1-4,6-9,15,17,20H2,(H,34,36)/b16-14+. The number of nitrogens with zero attached hydrogens (tertiary/aromatic N) is 1. The Bertz CT molecular complexity index is 1350. The number of benzene rings is 2. The number of halogens is 1. The van der Waals surface area contributed by atoms with Crippen LogP contribution in [0.1, 0.15) is 69.0 Å². The Hall–Kier alpha value is -3.34. The van der Waals surface area contributed by atoms with Crippen molar-refractivity contribution in [3.05, 3.63) is 76.9 Å². The molecule has 1 aromatic heterocycles. The van der Waals surface area contributed by atoms with E-state index in [0.717, 1.165) is 59.5 Å². The Morgan fingerprint density at radius 2 is 1.89 bits per heavy atom. The lowest BCUT2D eigenvalue weighted by Gasteiger charge is -2.25. The van der Waals surface area contributed by atoms with Gasteiger partial charge in [0, 0.05) is 41.1 Å². The van der Waals surface area contributed by atoms with Crippen LogP contribution >= 0.6 is 0 Å². The molecule has 0 atom stereocenters. The van der Waals surface area contributed by atoms with E-state index in [1.807, 2.05) is 18.2 Å². The molecule has 2 heterocycles. The zero-order chi connectivity index (χ0) is 24.5. The summed E-state index contributed by atoms with van der Waals surface area (Å²) in [6.07, 6.45) is 15.5. The molecule has 2 saturated carbocycles. The molecule has 1 aliphatic heterocycles. The van der Waals surface area contributed by atoms with E-state index in [4.69, 9.17) is 0 Å². The van der Waals surface area contributed by atoms with Crippen LogP contribution in [0.5, 0.6) is 0 Å². The van der Waals surface area contributed by atoms with Crippen LogP contribution in [-0.4, -0.2) is 10.5 Å². The van der Waals surface area contributed by atoms with Gasteiger partial charge in [0.15, 0.2) is 0 Å². The van der Waals surface area contributed by atoms with Gasteiger partial charge >= 0.3 is 0 Å². The van der Waals surface area contributed by atoms with Crippen molar-refractivity contribution < 1.29 is 9.18 Å². The molecule has 6 rings (SSSR count). The van der Waals surface area contributed by atoms with Crippen LogP contribution in [0.3, 0.4) is 0 Å². The number of allylic oxidation sites excluding steroid dienone is 2. The molecule has 4 nitrogen and oxygen atoms in total. The van der Waals surface area contributed by atoms with E-state index in [1.165, 1.54) is 49.7 Å². The maximum Gasteiger partial charge on any atom is 0.224 e. The van der Waals surface area contributed by atoms with Crippen molar-refractivity contribution in [3.8, 4) is 0 Å². The number of fused-ring (bicyclic) bond motifs is 2. The van der Waals surface area contributed by atoms with E-state index in [0.29, 0.717) is 12.3 Å². The van der Waals surface area contributed by atoms with Crippen molar-refractivity contribution in [3.63, 3.8) is 0 Å². The SMILES string of the molecule is O=C1CCc2c(cccc2NC(/C=C/c2cc3ccc(F)cc3n2CC2CCCCC2)=C2CCC2)N1. The maximum absolute atomic E-state index is 14.2. The van der Waals surface area contributed by atoms with Gasteiger partial charge in [-0.05, 0) is 104 Å². The van der Waals surface area contributed by atoms with E-state index < -0.39 is 0 Å². The lowest BCUT2D eigenvalue weighted by Crippen LogP contribution is -2.20. The molecule has 186 valence electrons. The molecule has 3 aromatic rings. The van der Waals surface area contributed by atoms with Gasteiger partial charge in [-0.3, -0.25) is 4.79 Å². The van der Waals surface area contributed by atoms with E-state index in [1.54, 1.807) is 12.1 Å². The molecule has 0 unspecified atom stereocenters. The highest BCUT2D eigenvalue weighted by atomic mass is 19.1. The highest BCUT2D eigenvalue weighted by molar-refractivity contribution is 5.95. The Kier molecular flexibility index (Phi) is 6.39. The lowest BCUT2D eigenvalue weighted by atomic mass is 9.89. The zero-order valence-corrected chi connectivity index (χ0v) is 20.8. The summed E-state index contributed by atoms with van der Waals surface area (Å²) in [6, 6.07) is 13.4. The van der Waals surface area contributed by atoms with Crippen molar-refractivity contribution in [1.82, 2.24) is 4.57 Å². The highest BCUT2D eigenvalue weighted by Crippen LogP contribution is 2.35. The number of hydrogen-bond acceptors (Lipinski definition) is 2. The van der Waals surface area contributed by atoms with E-state index >= 15 is 0 Å². The average molecular weight is 484 g/mol. The molecular weight excluding hydrogens is 449 g/mol. The summed E-state index contributed by atoms with van der Waals surface area (Å²) in [6.45, 7) is 0.942. The van der Waals surface area contributed by atoms with Crippen LogP contribution in [-0.2, 0) is 17.8 Å². The van der Waals surface area contributed by atoms with E-state index in [-0.39, 0.29) is 11.7 Å². The molecule has 2 aliphatic carbocycles. The van der Waals surface area contributed by atoms with Crippen LogP contribution in [0.25, 0.3) is 17.0 Å². The van der Waals surface area contributed by atoms with E-state index in [2.05, 4.69) is 39.5 Å². The van der Waals surface area contributed by atoms with Crippen LogP contribution in [0, 0.1) is 11.7 Å². The van der Waals surface area contributed by atoms with E-state index in [9.17, 15) is 9.18 Å². The monoisotopic (exact) mass is 483 g/mol. The summed E-state index contributed by atoms with van der Waals surface area (Å²) < 4.78 is 16.5. The summed E-state index contributed by atoms with van der Waals surface area (Å²) in [4.78, 5) is 11.9. The second-order valence-electron chi connectivity index (χ2n) is 10.6. The molecule has 0 saturated heterocycles. The van der Waals surface area contributed by atoms with Gasteiger partial charge in [0.1, 0.15) is 5.82 Å². The first-order valence-corrected chi connectivity index (χ1v) is 13.5. The summed E-state index contributed by atoms with van der Waals surface area (Å²) >= 11 is 0. The first-order chi connectivity index (χ1) is 17.6. The van der Waals surface area contributed by atoms with Crippen LogP contribution in [0.4, 0.5) is 15.8 Å². The fourth-order valence-electron chi connectivity index (χ4n) is 5.94. The first-order valence-electron chi connectivity index (χ1n) is 13.5. The number of anilines is 2. The van der Waals surface area contributed by atoms with Crippen LogP contribution in [0.2, 0.25) is 0 Å². The molecule has 2 N–H and O–H groups in total. The normalized spacial score (nSPS) is 18.2. The lowest BCUT2D eigenvalue weighted by molar-refractivity contribution is -0.116. The summed E-state index contributed by atoms with van der Waals surface area (Å²) in [5.41, 5.74) is 7.84. The van der Waals surface area contributed by atoms with Crippen molar-refractivity contribution >= 4 is 34.3 Å². The molecule has 0 radical (unpaired) electrons. The fourth-order valence-corrected chi connectivity index (χ4v) is 5.94. The number of aromatic nitrogens is 1. The maximum atomic E-state index is 14.2. The summed E-state index contributed by atoms with van der Waals surface area (Å²) in [5, 5.41) is 7.81. The molecule has 2 aromatic carbocycles. The molecule has 5 heteroatoms. The van der Waals surface area contributed by atoms with Gasteiger partial charge in [-0.2, -0.15) is 0 Å². The number of nitrogens with one attached hydrogen (secondary N) is 2. The van der Waals surface area contributed by atoms with Crippen LogP contribution in [0.15, 0.2) is 59.8 Å². The number of carbonyl (C=O) groups excluding carboxylic acids is 1. The first kappa shape index (κ1) is 23.1. The predicted molar refractivity (Wildman–Crippen MR) is 145 cm³/mol. The molecular formula is C31H34FN3O. The second-order valence-corrected chi connectivity index (χ2v) is 10.6. The molecule has 0 spiro atoms. The van der Waals surface area contributed by atoms with Gasteiger partial charge in [0.2, 0.25) is 5.91 Å². The molecule has 2 fully saturated rings. The van der Waals surface area contributed by atoms with Crippen molar-refractivity contribution in [2.24, 2.45) is 5.92 Å². The largest absolute Gasteiger partial charge is 0.355 e. The third kappa shape index (κ3) is 4.71. The summed E-state index contributed by atoms with van der Waals surface area (Å²) in [5.74, 6) is 0.554. The number of rotatable bonds is 6. The zero-order valence-electron chi connectivity index (χ0n) is 20.8. The van der Waals surface area contributed by atoms with Gasteiger partial charge < -0.3 is 15.2 Å². The van der Waals surface area contributed by atoms with Crippen LogP contribution < -0.4 is 10.6 Å². The smallest absolute Gasteiger partial charge is 0.224 e. The average Bonchev–Trinajstić information content (AvgIpc) is 3.18. The Morgan fingerprint density at radius 3 is 2.69 bits per heavy atom. The number of amides is 1. The van der Waals surface area contributed by atoms with Gasteiger partial charge in [0.05, 0.1) is 5.52 Å². The third-order valence-electron chi connectivity index (χ3n) is 8.14. The molecule has 3 aliphatic rings. The topological polar surface area (TPSA) is 46.1 Å². The minimum Gasteiger partial charge on any atom is -0.355 e. The summed E-state index contributed by atoms with van der Waals surface area (Å²) in [7, 11) is 0. The third-order valence-corrected chi connectivity index (χ3v) is 8.14. The van der Waals surface area contributed by atoms with Crippen molar-refractivity contribution in [1.29, 1.82) is 0 Å². The van der Waals surface area contributed by atoms with Gasteiger partial charge in [0.25, 0.3) is 0 Å². The number of carbonyl (C=O) groups is 1. The van der Waals surface area contributed by atoms with Crippen molar-refractivity contribution in [2.75, 3.05) is 10.6 Å². The molecule has 0 bridgehead atoms. The van der Waals surface area contributed by atoms with Gasteiger partial charge in [-0.15, -0.1) is 0 Å². The minimum absolute atomic E-state index is 0.0827. The van der Waals surface area contributed by atoms with Gasteiger partial charge in [-0.1, -0.05) is 25.3 Å². The second kappa shape index (κ2) is 9.96. The molecule has 1 amide bonds. The van der Waals surface area contributed by atoms with Gasteiger partial charge in [-0.25, -0.2) is 4.39 Å². The Morgan fingerprint density at radius 1 is 1.03 bits per heavy atom. The highest BCUT2D eigenvalue weighted by Gasteiger charge is 2.20. The van der Waals surface area contributed by atoms with Crippen molar-refractivity contribution in [2.45, 2.75) is 70.8 Å². The predicted octanol–water partition coefficient (Wildman–Crippen LogP) is 7.81. The quantitative estimate of drug-likeness (QED) is 0.376. The Labute approximate surface area is 212 Å². The fraction of sp³-hybridized carbons (Fsp3) is 0.387. The molecule has 36 heavy (non-hydrogen) atoms. The minimum atomic E-state index is -0.180. The number of hydrogen-bond donors (Lipinski definition) is 2.